The van der Waals surface area contributed by atoms with Gasteiger partial charge in [0.1, 0.15) is 0 Å². The Kier molecular flexibility index (Phi) is 10.3. The fourth-order valence-electron chi connectivity index (χ4n) is 3.59. The molecule has 0 saturated heterocycles. The average Bonchev–Trinajstić information content (AvgIpc) is 2.55. The quantitative estimate of drug-likeness (QED) is 0.369. The third kappa shape index (κ3) is 6.55. The van der Waals surface area contributed by atoms with E-state index in [1.54, 1.807) is 11.1 Å². The van der Waals surface area contributed by atoms with Gasteiger partial charge in [0.2, 0.25) is 0 Å². The van der Waals surface area contributed by atoms with Crippen LogP contribution in [-0.2, 0) is 0 Å². The molecule has 1 rings (SSSR count). The van der Waals surface area contributed by atoms with Crippen molar-refractivity contribution in [1.82, 2.24) is 0 Å². The number of unbranched alkanes of at least 4 members (excludes halogenated alkanes) is 2. The predicted molar refractivity (Wildman–Crippen MR) is 101 cm³/mol. The smallest absolute Gasteiger partial charge is 0.0162 e. The fourth-order valence-corrected chi connectivity index (χ4v) is 3.59. The Morgan fingerprint density at radius 3 is 1.18 bits per heavy atom. The van der Waals surface area contributed by atoms with Crippen LogP contribution in [0.2, 0.25) is 0 Å². The van der Waals surface area contributed by atoms with E-state index in [0.717, 1.165) is 11.8 Å². The van der Waals surface area contributed by atoms with Crippen LogP contribution in [0.25, 0.3) is 0 Å². The van der Waals surface area contributed by atoms with E-state index in [2.05, 4.69) is 52.0 Å². The number of benzene rings is 1. The van der Waals surface area contributed by atoms with Crippen LogP contribution in [0.1, 0.15) is 115 Å². The molecule has 0 nitrogen and oxygen atoms in total. The van der Waals surface area contributed by atoms with Gasteiger partial charge in [0, 0.05) is 0 Å². The van der Waals surface area contributed by atoms with Crippen LogP contribution in [0.5, 0.6) is 0 Å². The summed E-state index contributed by atoms with van der Waals surface area (Å²) in [5.74, 6) is 1.55. The average molecular weight is 303 g/mol. The zero-order chi connectivity index (χ0) is 16.2. The Balaban J connectivity index is 2.76. The minimum Gasteiger partial charge on any atom is -0.0654 e. The molecule has 1 aromatic rings. The summed E-state index contributed by atoms with van der Waals surface area (Å²) in [5.41, 5.74) is 3.15. The van der Waals surface area contributed by atoms with Gasteiger partial charge in [-0.25, -0.2) is 0 Å². The van der Waals surface area contributed by atoms with Crippen LogP contribution < -0.4 is 0 Å². The second-order valence-electron chi connectivity index (χ2n) is 6.92. The highest BCUT2D eigenvalue weighted by molar-refractivity contribution is 5.27. The SMILES string of the molecule is CCCCC(CCC)c1ccc(C(CCC)CCCC)cc1. The standard InChI is InChI=1S/C22H38/c1-5-9-13-19(11-7-3)21-15-17-22(18-16-21)20(12-8-4)14-10-6-2/h15-20H,5-14H2,1-4H3. The molecule has 0 bridgehead atoms. The van der Waals surface area contributed by atoms with E-state index in [9.17, 15) is 0 Å². The van der Waals surface area contributed by atoms with E-state index in [4.69, 9.17) is 0 Å². The number of hydrogen-bond donors (Lipinski definition) is 0. The lowest BCUT2D eigenvalue weighted by molar-refractivity contribution is 0.534. The van der Waals surface area contributed by atoms with E-state index >= 15 is 0 Å². The molecule has 0 aliphatic carbocycles. The highest BCUT2D eigenvalue weighted by Gasteiger charge is 2.13. The monoisotopic (exact) mass is 302 g/mol. The molecule has 2 atom stereocenters. The van der Waals surface area contributed by atoms with Gasteiger partial charge in [-0.15, -0.1) is 0 Å². The Hall–Kier alpha value is -0.780. The van der Waals surface area contributed by atoms with Crippen molar-refractivity contribution in [2.24, 2.45) is 0 Å². The molecule has 0 aromatic heterocycles. The summed E-state index contributed by atoms with van der Waals surface area (Å²) in [6.07, 6.45) is 13.3. The molecule has 0 heterocycles. The minimum atomic E-state index is 0.777. The van der Waals surface area contributed by atoms with Crippen LogP contribution in [0.4, 0.5) is 0 Å². The van der Waals surface area contributed by atoms with Gasteiger partial charge in [-0.3, -0.25) is 0 Å². The summed E-state index contributed by atoms with van der Waals surface area (Å²) in [5, 5.41) is 0. The van der Waals surface area contributed by atoms with Crippen molar-refractivity contribution >= 4 is 0 Å². The molecule has 0 saturated carbocycles. The number of hydrogen-bond acceptors (Lipinski definition) is 0. The first kappa shape index (κ1) is 19.3. The Labute approximate surface area is 139 Å². The summed E-state index contributed by atoms with van der Waals surface area (Å²) < 4.78 is 0. The normalized spacial score (nSPS) is 14.0. The van der Waals surface area contributed by atoms with Gasteiger partial charge in [-0.05, 0) is 48.6 Å². The van der Waals surface area contributed by atoms with Gasteiger partial charge in [0.05, 0.1) is 0 Å². The molecular weight excluding hydrogens is 264 g/mol. The fraction of sp³-hybridized carbons (Fsp3) is 0.727. The Morgan fingerprint density at radius 2 is 0.909 bits per heavy atom. The second-order valence-corrected chi connectivity index (χ2v) is 6.92. The van der Waals surface area contributed by atoms with Crippen LogP contribution in [0.3, 0.4) is 0 Å². The molecule has 2 unspecified atom stereocenters. The lowest BCUT2D eigenvalue weighted by atomic mass is 9.86. The van der Waals surface area contributed by atoms with Crippen molar-refractivity contribution in [3.63, 3.8) is 0 Å². The molecular formula is C22H38. The molecule has 126 valence electrons. The third-order valence-electron chi connectivity index (χ3n) is 4.97. The topological polar surface area (TPSA) is 0 Å². The molecule has 0 N–H and O–H groups in total. The summed E-state index contributed by atoms with van der Waals surface area (Å²) in [6.45, 7) is 9.23. The third-order valence-corrected chi connectivity index (χ3v) is 4.97. The van der Waals surface area contributed by atoms with E-state index < -0.39 is 0 Å². The highest BCUT2D eigenvalue weighted by Crippen LogP contribution is 2.31. The van der Waals surface area contributed by atoms with Crippen LogP contribution >= 0.6 is 0 Å². The summed E-state index contributed by atoms with van der Waals surface area (Å²) >= 11 is 0. The number of rotatable bonds is 12. The highest BCUT2D eigenvalue weighted by atomic mass is 14.2. The van der Waals surface area contributed by atoms with Crippen molar-refractivity contribution in [3.05, 3.63) is 35.4 Å². The first-order valence-electron chi connectivity index (χ1n) is 9.86. The van der Waals surface area contributed by atoms with E-state index in [1.165, 1.54) is 64.2 Å². The van der Waals surface area contributed by atoms with Crippen LogP contribution in [0.15, 0.2) is 24.3 Å². The minimum absolute atomic E-state index is 0.777. The van der Waals surface area contributed by atoms with Gasteiger partial charge in [0.15, 0.2) is 0 Å². The maximum absolute atomic E-state index is 2.43. The van der Waals surface area contributed by atoms with Crippen molar-refractivity contribution in [2.75, 3.05) is 0 Å². The maximum Gasteiger partial charge on any atom is -0.0162 e. The summed E-state index contributed by atoms with van der Waals surface area (Å²) in [6, 6.07) is 9.72. The van der Waals surface area contributed by atoms with Crippen molar-refractivity contribution < 1.29 is 0 Å². The summed E-state index contributed by atoms with van der Waals surface area (Å²) in [7, 11) is 0. The first-order valence-corrected chi connectivity index (χ1v) is 9.86. The lowest BCUT2D eigenvalue weighted by Crippen LogP contribution is -2.02. The molecule has 0 spiro atoms. The van der Waals surface area contributed by atoms with E-state index in [1.807, 2.05) is 0 Å². The molecule has 0 aliphatic rings. The Morgan fingerprint density at radius 1 is 0.545 bits per heavy atom. The van der Waals surface area contributed by atoms with E-state index in [-0.39, 0.29) is 0 Å². The van der Waals surface area contributed by atoms with Gasteiger partial charge in [-0.2, -0.15) is 0 Å². The molecule has 0 fully saturated rings. The van der Waals surface area contributed by atoms with Crippen molar-refractivity contribution in [1.29, 1.82) is 0 Å². The van der Waals surface area contributed by atoms with Gasteiger partial charge >= 0.3 is 0 Å². The molecule has 22 heavy (non-hydrogen) atoms. The second kappa shape index (κ2) is 11.7. The maximum atomic E-state index is 2.43. The summed E-state index contributed by atoms with van der Waals surface area (Å²) in [4.78, 5) is 0. The Bertz CT molecular complexity index is 325. The van der Waals surface area contributed by atoms with Gasteiger partial charge in [-0.1, -0.05) is 90.5 Å². The first-order chi connectivity index (χ1) is 10.8. The molecule has 0 amide bonds. The zero-order valence-electron chi connectivity index (χ0n) is 15.5. The molecule has 1 aromatic carbocycles. The van der Waals surface area contributed by atoms with Gasteiger partial charge in [0.25, 0.3) is 0 Å². The van der Waals surface area contributed by atoms with E-state index in [0.29, 0.717) is 0 Å². The zero-order valence-corrected chi connectivity index (χ0v) is 15.5. The van der Waals surface area contributed by atoms with Crippen molar-refractivity contribution in [2.45, 2.75) is 104 Å². The molecule has 0 aliphatic heterocycles. The molecule has 0 radical (unpaired) electrons. The molecule has 0 heteroatoms. The van der Waals surface area contributed by atoms with Gasteiger partial charge < -0.3 is 0 Å². The predicted octanol–water partition coefficient (Wildman–Crippen LogP) is 7.83. The largest absolute Gasteiger partial charge is 0.0654 e. The van der Waals surface area contributed by atoms with Crippen LogP contribution in [-0.4, -0.2) is 0 Å². The van der Waals surface area contributed by atoms with Crippen molar-refractivity contribution in [3.8, 4) is 0 Å². The van der Waals surface area contributed by atoms with Crippen LogP contribution in [0, 0.1) is 0 Å². The lowest BCUT2D eigenvalue weighted by Gasteiger charge is -2.20.